The number of aromatic amines is 3. The zero-order chi connectivity index (χ0) is 17.6. The molecule has 1 fully saturated rings. The third-order valence-electron chi connectivity index (χ3n) is 3.55. The predicted octanol–water partition coefficient (Wildman–Crippen LogP) is -3.44. The van der Waals surface area contributed by atoms with Crippen molar-refractivity contribution in [2.24, 2.45) is 0 Å². The lowest BCUT2D eigenvalue weighted by Crippen LogP contribution is -2.46. The molecule has 4 unspecified atom stereocenters. The van der Waals surface area contributed by atoms with Gasteiger partial charge in [-0.05, 0) is 0 Å². The Labute approximate surface area is 131 Å². The maximum Gasteiger partial charge on any atom is 0.469 e. The summed E-state index contributed by atoms with van der Waals surface area (Å²) in [5.41, 5.74) is -1.46. The quantitative estimate of drug-likeness (QED) is 0.212. The van der Waals surface area contributed by atoms with Crippen LogP contribution in [0.1, 0.15) is 6.23 Å². The van der Waals surface area contributed by atoms with Gasteiger partial charge in [-0.1, -0.05) is 0 Å². The number of rotatable bonds is 4. The van der Waals surface area contributed by atoms with E-state index in [4.69, 9.17) is 14.5 Å². The second kappa shape index (κ2) is 5.89. The molecule has 1 saturated heterocycles. The Morgan fingerprint density at radius 1 is 1.25 bits per heavy atom. The molecule has 2 aromatic heterocycles. The molecular formula is C10H14N4O9P+. The van der Waals surface area contributed by atoms with Crippen LogP contribution in [-0.4, -0.2) is 59.9 Å². The maximum absolute atomic E-state index is 11.7. The predicted molar refractivity (Wildman–Crippen MR) is 73.7 cm³/mol. The summed E-state index contributed by atoms with van der Waals surface area (Å²) < 4.78 is 21.5. The number of H-pyrrole nitrogens is 3. The van der Waals surface area contributed by atoms with E-state index in [0.717, 1.165) is 0 Å². The van der Waals surface area contributed by atoms with Gasteiger partial charge in [0.2, 0.25) is 11.7 Å². The highest BCUT2D eigenvalue weighted by Gasteiger charge is 2.47. The van der Waals surface area contributed by atoms with Crippen LogP contribution in [0.25, 0.3) is 11.2 Å². The van der Waals surface area contributed by atoms with Gasteiger partial charge in [0, 0.05) is 0 Å². The number of imidazole rings is 1. The highest BCUT2D eigenvalue weighted by molar-refractivity contribution is 7.46. The van der Waals surface area contributed by atoms with Crippen molar-refractivity contribution in [1.82, 2.24) is 15.0 Å². The largest absolute Gasteiger partial charge is 0.469 e. The molecule has 0 aliphatic carbocycles. The summed E-state index contributed by atoms with van der Waals surface area (Å²) in [6, 6.07) is 0. The monoisotopic (exact) mass is 365 g/mol. The molecule has 0 aromatic carbocycles. The third-order valence-corrected chi connectivity index (χ3v) is 4.03. The molecule has 2 aromatic rings. The van der Waals surface area contributed by atoms with Gasteiger partial charge in [0.15, 0.2) is 6.33 Å². The molecule has 1 aliphatic heterocycles. The smallest absolute Gasteiger partial charge is 0.387 e. The minimum Gasteiger partial charge on any atom is -0.387 e. The Hall–Kier alpha value is -1.86. The molecule has 24 heavy (non-hydrogen) atoms. The third kappa shape index (κ3) is 3.06. The highest BCUT2D eigenvalue weighted by Crippen LogP contribution is 2.37. The molecule has 0 spiro atoms. The number of nitrogens with zero attached hydrogens (tertiary/aromatic N) is 1. The van der Waals surface area contributed by atoms with E-state index < -0.39 is 50.2 Å². The number of hydrogen-bond donors (Lipinski definition) is 7. The maximum atomic E-state index is 11.7. The van der Waals surface area contributed by atoms with Crippen molar-refractivity contribution in [1.29, 1.82) is 0 Å². The number of nitrogens with one attached hydrogen (secondary N) is 3. The van der Waals surface area contributed by atoms with E-state index in [2.05, 4.69) is 14.5 Å². The molecule has 4 atom stereocenters. The molecule has 132 valence electrons. The van der Waals surface area contributed by atoms with Gasteiger partial charge in [0.1, 0.15) is 18.3 Å². The summed E-state index contributed by atoms with van der Waals surface area (Å²) in [7, 11) is -4.78. The standard InChI is InChI=1S/C10H13N4O9P/c15-5-3(1-22-24(19,20)21)23-9(6(5)16)14-2-11-4-7(14)12-10(18)13-8(4)17/h2-3,5-6,9,15-16H,1H2,(H4,12,13,17,18,19,20,21)/p+1. The molecule has 1 aliphatic rings. The van der Waals surface area contributed by atoms with E-state index >= 15 is 0 Å². The first-order valence-electron chi connectivity index (χ1n) is 6.64. The van der Waals surface area contributed by atoms with Gasteiger partial charge in [0.25, 0.3) is 11.2 Å². The summed E-state index contributed by atoms with van der Waals surface area (Å²) in [4.78, 5) is 47.4. The van der Waals surface area contributed by atoms with E-state index in [1.165, 1.54) is 10.9 Å². The average molecular weight is 365 g/mol. The number of aliphatic hydroxyl groups excluding tert-OH is 2. The van der Waals surface area contributed by atoms with Gasteiger partial charge in [0.05, 0.1) is 6.61 Å². The van der Waals surface area contributed by atoms with Gasteiger partial charge in [-0.25, -0.2) is 18.9 Å². The van der Waals surface area contributed by atoms with Crippen molar-refractivity contribution in [3.63, 3.8) is 0 Å². The number of aromatic nitrogens is 4. The van der Waals surface area contributed by atoms with E-state index in [1.807, 2.05) is 4.98 Å². The number of ether oxygens (including phenoxy) is 1. The van der Waals surface area contributed by atoms with E-state index in [1.54, 1.807) is 0 Å². The molecule has 7 N–H and O–H groups in total. The van der Waals surface area contributed by atoms with Crippen LogP contribution < -0.4 is 15.8 Å². The Morgan fingerprint density at radius 3 is 2.62 bits per heavy atom. The van der Waals surface area contributed by atoms with Crippen molar-refractivity contribution >= 4 is 19.0 Å². The molecular weight excluding hydrogens is 351 g/mol. The summed E-state index contributed by atoms with van der Waals surface area (Å²) in [6.07, 6.45) is -4.22. The van der Waals surface area contributed by atoms with Gasteiger partial charge in [-0.2, -0.15) is 0 Å². The SMILES string of the molecule is O=c1[nH]c(=O)c2[nH]c[n+](C3OC(COP(=O)(O)O)C(O)C3O)c2[nH]1. The summed E-state index contributed by atoms with van der Waals surface area (Å²) in [5, 5.41) is 20.0. The fourth-order valence-corrected chi connectivity index (χ4v) is 2.81. The van der Waals surface area contributed by atoms with Crippen molar-refractivity contribution in [3.05, 3.63) is 27.2 Å². The fraction of sp³-hybridized carbons (Fsp3) is 0.500. The molecule has 0 radical (unpaired) electrons. The van der Waals surface area contributed by atoms with Crippen LogP contribution in [0.3, 0.4) is 0 Å². The zero-order valence-electron chi connectivity index (χ0n) is 11.8. The molecule has 0 amide bonds. The lowest BCUT2D eigenvalue weighted by molar-refractivity contribution is -0.745. The molecule has 0 saturated carbocycles. The Bertz CT molecular complexity index is 913. The lowest BCUT2D eigenvalue weighted by Gasteiger charge is -2.14. The van der Waals surface area contributed by atoms with Crippen molar-refractivity contribution in [3.8, 4) is 0 Å². The van der Waals surface area contributed by atoms with Crippen LogP contribution in [0.4, 0.5) is 0 Å². The zero-order valence-corrected chi connectivity index (χ0v) is 12.7. The number of phosphoric acid groups is 1. The second-order valence-corrected chi connectivity index (χ2v) is 6.38. The summed E-state index contributed by atoms with van der Waals surface area (Å²) in [6.45, 7) is -0.668. The fourth-order valence-electron chi connectivity index (χ4n) is 2.47. The van der Waals surface area contributed by atoms with Crippen LogP contribution >= 0.6 is 7.82 Å². The Morgan fingerprint density at radius 2 is 1.96 bits per heavy atom. The van der Waals surface area contributed by atoms with Crippen molar-refractivity contribution < 1.29 is 38.4 Å². The summed E-state index contributed by atoms with van der Waals surface area (Å²) >= 11 is 0. The molecule has 3 heterocycles. The Balaban J connectivity index is 1.92. The molecule has 14 heteroatoms. The van der Waals surface area contributed by atoms with Gasteiger partial charge in [-0.3, -0.25) is 19.3 Å². The van der Waals surface area contributed by atoms with Crippen LogP contribution in [0.15, 0.2) is 15.9 Å². The average Bonchev–Trinajstić information content (AvgIpc) is 3.00. The van der Waals surface area contributed by atoms with Crippen LogP contribution in [0.5, 0.6) is 0 Å². The van der Waals surface area contributed by atoms with Crippen molar-refractivity contribution in [2.75, 3.05) is 6.61 Å². The molecule has 13 nitrogen and oxygen atoms in total. The van der Waals surface area contributed by atoms with Crippen LogP contribution in [0, 0.1) is 0 Å². The van der Waals surface area contributed by atoms with Crippen LogP contribution in [-0.2, 0) is 13.8 Å². The van der Waals surface area contributed by atoms with E-state index in [-0.39, 0.29) is 11.2 Å². The van der Waals surface area contributed by atoms with Crippen molar-refractivity contribution in [2.45, 2.75) is 24.5 Å². The number of phosphoric ester groups is 1. The minimum atomic E-state index is -4.78. The number of fused-ring (bicyclic) bond motifs is 1. The van der Waals surface area contributed by atoms with E-state index in [0.29, 0.717) is 0 Å². The molecule has 3 rings (SSSR count). The first-order valence-corrected chi connectivity index (χ1v) is 8.17. The number of hydrogen-bond acceptors (Lipinski definition) is 7. The normalized spacial score (nSPS) is 27.8. The van der Waals surface area contributed by atoms with E-state index in [9.17, 15) is 24.4 Å². The van der Waals surface area contributed by atoms with Crippen LogP contribution in [0.2, 0.25) is 0 Å². The topological polar surface area (TPSA) is 202 Å². The van der Waals surface area contributed by atoms with Gasteiger partial charge < -0.3 is 24.7 Å². The lowest BCUT2D eigenvalue weighted by atomic mass is 10.1. The highest BCUT2D eigenvalue weighted by atomic mass is 31.2. The number of aliphatic hydroxyl groups is 2. The van der Waals surface area contributed by atoms with Gasteiger partial charge >= 0.3 is 13.5 Å². The molecule has 0 bridgehead atoms. The summed E-state index contributed by atoms with van der Waals surface area (Å²) in [5.74, 6) is 0. The first-order chi connectivity index (χ1) is 11.2. The first kappa shape index (κ1) is 17.0. The second-order valence-electron chi connectivity index (χ2n) is 5.15. The minimum absolute atomic E-state index is 0.00908. The Kier molecular flexibility index (Phi) is 4.17. The van der Waals surface area contributed by atoms with Gasteiger partial charge in [-0.15, -0.1) is 0 Å².